The lowest BCUT2D eigenvalue weighted by atomic mass is 10.2. The third-order valence-electron chi connectivity index (χ3n) is 4.13. The third-order valence-corrected chi connectivity index (χ3v) is 5.93. The maximum atomic E-state index is 12.3. The van der Waals surface area contributed by atoms with Crippen LogP contribution in [-0.2, 0) is 4.79 Å². The van der Waals surface area contributed by atoms with E-state index < -0.39 is 6.10 Å². The van der Waals surface area contributed by atoms with E-state index in [-0.39, 0.29) is 5.91 Å². The summed E-state index contributed by atoms with van der Waals surface area (Å²) in [6.45, 7) is 4.59. The zero-order valence-electron chi connectivity index (χ0n) is 13.9. The number of hydrogen-bond acceptors (Lipinski definition) is 3. The van der Waals surface area contributed by atoms with E-state index in [2.05, 4.69) is 5.32 Å². The maximum Gasteiger partial charge on any atom is 0.261 e. The van der Waals surface area contributed by atoms with E-state index in [4.69, 9.17) is 16.3 Å². The zero-order valence-corrected chi connectivity index (χ0v) is 15.5. The monoisotopic (exact) mass is 355 g/mol. The Morgan fingerprint density at radius 1 is 1.43 bits per heavy atom. The molecule has 0 unspecified atom stereocenters. The predicted octanol–water partition coefficient (Wildman–Crippen LogP) is 4.60. The predicted molar refractivity (Wildman–Crippen MR) is 98.6 cm³/mol. The van der Waals surface area contributed by atoms with Crippen molar-refractivity contribution >= 4 is 29.3 Å². The van der Waals surface area contributed by atoms with E-state index in [0.29, 0.717) is 23.7 Å². The van der Waals surface area contributed by atoms with Crippen LogP contribution in [0.4, 0.5) is 0 Å². The first kappa shape index (κ1) is 18.5. The van der Waals surface area contributed by atoms with Gasteiger partial charge in [-0.15, -0.1) is 0 Å². The summed E-state index contributed by atoms with van der Waals surface area (Å²) in [7, 11) is 0. The largest absolute Gasteiger partial charge is 0.481 e. The molecule has 1 aliphatic carbocycles. The Kier molecular flexibility index (Phi) is 7.57. The second-order valence-electron chi connectivity index (χ2n) is 5.99. The van der Waals surface area contributed by atoms with E-state index >= 15 is 0 Å². The van der Waals surface area contributed by atoms with Gasteiger partial charge >= 0.3 is 0 Å². The highest BCUT2D eigenvalue weighted by Crippen LogP contribution is 2.28. The van der Waals surface area contributed by atoms with Gasteiger partial charge in [0, 0.05) is 22.6 Å². The molecule has 2 rings (SSSR count). The Morgan fingerprint density at radius 3 is 2.83 bits per heavy atom. The number of hydrogen-bond donors (Lipinski definition) is 1. The second-order valence-corrected chi connectivity index (χ2v) is 7.81. The molecule has 0 heterocycles. The van der Waals surface area contributed by atoms with E-state index in [1.165, 1.54) is 25.7 Å². The van der Waals surface area contributed by atoms with Gasteiger partial charge in [0.2, 0.25) is 0 Å². The fraction of sp³-hybridized carbons (Fsp3) is 0.611. The Bertz CT molecular complexity index is 518. The van der Waals surface area contributed by atoms with Crippen molar-refractivity contribution in [2.45, 2.75) is 57.3 Å². The van der Waals surface area contributed by atoms with Gasteiger partial charge in [-0.1, -0.05) is 31.4 Å². The highest BCUT2D eigenvalue weighted by molar-refractivity contribution is 7.99. The lowest BCUT2D eigenvalue weighted by Gasteiger charge is -2.18. The minimum absolute atomic E-state index is 0.0351. The van der Waals surface area contributed by atoms with Crippen LogP contribution in [0.3, 0.4) is 0 Å². The summed E-state index contributed by atoms with van der Waals surface area (Å²) in [5.74, 6) is 1.63. The Balaban J connectivity index is 1.75. The molecule has 0 saturated heterocycles. The molecule has 1 fully saturated rings. The van der Waals surface area contributed by atoms with Gasteiger partial charge in [-0.25, -0.2) is 0 Å². The van der Waals surface area contributed by atoms with Gasteiger partial charge < -0.3 is 10.1 Å². The molecular formula is C18H26ClNO2S. The molecule has 1 aromatic rings. The normalized spacial score (nSPS) is 16.3. The van der Waals surface area contributed by atoms with Crippen LogP contribution >= 0.6 is 23.4 Å². The SMILES string of the molecule is CC[C@H](Oc1ccc(Cl)c(C)c1)C(=O)NCCSC1CCCC1. The molecule has 0 radical (unpaired) electrons. The summed E-state index contributed by atoms with van der Waals surface area (Å²) in [6.07, 6.45) is 5.56. The second kappa shape index (κ2) is 9.43. The highest BCUT2D eigenvalue weighted by atomic mass is 35.5. The Labute approximate surface area is 148 Å². The zero-order chi connectivity index (χ0) is 16.7. The van der Waals surface area contributed by atoms with E-state index in [1.807, 2.05) is 31.7 Å². The number of amides is 1. The molecule has 1 aromatic carbocycles. The standard InChI is InChI=1S/C18H26ClNO2S/c1-3-17(22-14-8-9-16(19)13(2)12-14)18(21)20-10-11-23-15-6-4-5-7-15/h8-9,12,15,17H,3-7,10-11H2,1-2H3,(H,20,21)/t17-/m0/s1. The number of ether oxygens (including phenoxy) is 1. The van der Waals surface area contributed by atoms with Crippen molar-refractivity contribution in [3.8, 4) is 5.75 Å². The van der Waals surface area contributed by atoms with Gasteiger partial charge in [0.1, 0.15) is 5.75 Å². The van der Waals surface area contributed by atoms with Gasteiger partial charge in [0.25, 0.3) is 5.91 Å². The first-order valence-electron chi connectivity index (χ1n) is 8.42. The molecule has 128 valence electrons. The highest BCUT2D eigenvalue weighted by Gasteiger charge is 2.19. The van der Waals surface area contributed by atoms with Crippen molar-refractivity contribution < 1.29 is 9.53 Å². The van der Waals surface area contributed by atoms with Gasteiger partial charge in [-0.05, 0) is 49.9 Å². The number of halogens is 1. The lowest BCUT2D eigenvalue weighted by Crippen LogP contribution is -2.39. The number of thioether (sulfide) groups is 1. The lowest BCUT2D eigenvalue weighted by molar-refractivity contribution is -0.127. The first-order valence-corrected chi connectivity index (χ1v) is 9.85. The van der Waals surface area contributed by atoms with Crippen molar-refractivity contribution in [3.05, 3.63) is 28.8 Å². The maximum absolute atomic E-state index is 12.3. The molecule has 1 amide bonds. The average Bonchev–Trinajstić information content (AvgIpc) is 3.05. The van der Waals surface area contributed by atoms with Crippen LogP contribution in [0.25, 0.3) is 0 Å². The molecule has 5 heteroatoms. The molecular weight excluding hydrogens is 330 g/mol. The van der Waals surface area contributed by atoms with E-state index in [0.717, 1.165) is 16.6 Å². The summed E-state index contributed by atoms with van der Waals surface area (Å²) in [5, 5.41) is 4.49. The van der Waals surface area contributed by atoms with Crippen molar-refractivity contribution in [2.75, 3.05) is 12.3 Å². The molecule has 1 aliphatic rings. The number of nitrogens with one attached hydrogen (secondary N) is 1. The Morgan fingerprint density at radius 2 is 2.17 bits per heavy atom. The first-order chi connectivity index (χ1) is 11.1. The van der Waals surface area contributed by atoms with Crippen molar-refractivity contribution in [1.82, 2.24) is 5.32 Å². The van der Waals surface area contributed by atoms with Crippen LogP contribution in [0.2, 0.25) is 5.02 Å². The van der Waals surface area contributed by atoms with Crippen molar-refractivity contribution in [1.29, 1.82) is 0 Å². The topological polar surface area (TPSA) is 38.3 Å². The molecule has 0 spiro atoms. The quantitative estimate of drug-likeness (QED) is 0.692. The van der Waals surface area contributed by atoms with Crippen molar-refractivity contribution in [2.24, 2.45) is 0 Å². The summed E-state index contributed by atoms with van der Waals surface area (Å²) in [6, 6.07) is 5.48. The minimum Gasteiger partial charge on any atom is -0.481 e. The van der Waals surface area contributed by atoms with Crippen molar-refractivity contribution in [3.63, 3.8) is 0 Å². The van der Waals surface area contributed by atoms with Crippen LogP contribution in [0.1, 0.15) is 44.6 Å². The number of rotatable bonds is 8. The van der Waals surface area contributed by atoms with Crippen LogP contribution in [0, 0.1) is 6.92 Å². The molecule has 3 nitrogen and oxygen atoms in total. The fourth-order valence-electron chi connectivity index (χ4n) is 2.75. The Hall–Kier alpha value is -0.870. The fourth-order valence-corrected chi connectivity index (χ4v) is 4.08. The molecule has 0 aliphatic heterocycles. The molecule has 0 bridgehead atoms. The van der Waals surface area contributed by atoms with E-state index in [9.17, 15) is 4.79 Å². The van der Waals surface area contributed by atoms with Gasteiger partial charge in [0.05, 0.1) is 0 Å². The molecule has 1 saturated carbocycles. The smallest absolute Gasteiger partial charge is 0.261 e. The number of aryl methyl sites for hydroxylation is 1. The van der Waals surface area contributed by atoms with E-state index in [1.54, 1.807) is 12.1 Å². The molecule has 1 N–H and O–H groups in total. The van der Waals surface area contributed by atoms with Crippen LogP contribution < -0.4 is 10.1 Å². The summed E-state index contributed by atoms with van der Waals surface area (Å²) in [4.78, 5) is 12.3. The number of carbonyl (C=O) groups excluding carboxylic acids is 1. The average molecular weight is 356 g/mol. The number of benzene rings is 1. The van der Waals surface area contributed by atoms with Gasteiger partial charge in [-0.3, -0.25) is 4.79 Å². The van der Waals surface area contributed by atoms with Crippen LogP contribution in [-0.4, -0.2) is 29.6 Å². The van der Waals surface area contributed by atoms with Crippen LogP contribution in [0.5, 0.6) is 5.75 Å². The minimum atomic E-state index is -0.452. The molecule has 0 aromatic heterocycles. The summed E-state index contributed by atoms with van der Waals surface area (Å²) >= 11 is 8.00. The van der Waals surface area contributed by atoms with Gasteiger partial charge in [-0.2, -0.15) is 11.8 Å². The summed E-state index contributed by atoms with van der Waals surface area (Å²) < 4.78 is 5.81. The number of carbonyl (C=O) groups is 1. The third kappa shape index (κ3) is 5.92. The summed E-state index contributed by atoms with van der Waals surface area (Å²) in [5.41, 5.74) is 0.951. The van der Waals surface area contributed by atoms with Crippen LogP contribution in [0.15, 0.2) is 18.2 Å². The van der Waals surface area contributed by atoms with Gasteiger partial charge in [0.15, 0.2) is 6.10 Å². The molecule has 23 heavy (non-hydrogen) atoms. The molecule has 1 atom stereocenters.